The Morgan fingerprint density at radius 3 is 2.71 bits per heavy atom. The molecule has 0 aromatic carbocycles. The minimum atomic E-state index is 0.246. The van der Waals surface area contributed by atoms with Crippen LogP contribution < -0.4 is 0 Å². The van der Waals surface area contributed by atoms with Gasteiger partial charge in [0.15, 0.2) is 0 Å². The molecule has 0 saturated heterocycles. The molecule has 0 fully saturated rings. The summed E-state index contributed by atoms with van der Waals surface area (Å²) in [6.07, 6.45) is 1.15. The van der Waals surface area contributed by atoms with E-state index in [4.69, 9.17) is 0 Å². The predicted octanol–water partition coefficient (Wildman–Crippen LogP) is 3.40. The first-order valence-electron chi connectivity index (χ1n) is 4.84. The molecule has 0 atom stereocenters. The van der Waals surface area contributed by atoms with E-state index in [-0.39, 0.29) is 5.54 Å². The molecule has 0 radical (unpaired) electrons. The maximum atomic E-state index is 3.55. The van der Waals surface area contributed by atoms with Crippen LogP contribution in [0.5, 0.6) is 0 Å². The lowest BCUT2D eigenvalue weighted by Crippen LogP contribution is -2.43. The van der Waals surface area contributed by atoms with Crippen LogP contribution in [-0.4, -0.2) is 29.4 Å². The van der Waals surface area contributed by atoms with E-state index in [2.05, 4.69) is 58.6 Å². The third kappa shape index (κ3) is 3.37. The van der Waals surface area contributed by atoms with Crippen molar-refractivity contribution in [2.45, 2.75) is 25.8 Å². The van der Waals surface area contributed by atoms with Crippen molar-refractivity contribution in [2.75, 3.05) is 18.9 Å². The lowest BCUT2D eigenvalue weighted by atomic mass is 10.1. The Bertz CT molecular complexity index is 256. The molecule has 3 heteroatoms. The van der Waals surface area contributed by atoms with E-state index in [1.807, 2.05) is 0 Å². The predicted molar refractivity (Wildman–Crippen MR) is 68.5 cm³/mol. The van der Waals surface area contributed by atoms with Gasteiger partial charge in [-0.1, -0.05) is 15.9 Å². The lowest BCUT2D eigenvalue weighted by Gasteiger charge is -2.33. The highest BCUT2D eigenvalue weighted by Gasteiger charge is 2.21. The van der Waals surface area contributed by atoms with Crippen LogP contribution in [0.4, 0.5) is 0 Å². The van der Waals surface area contributed by atoms with Gasteiger partial charge in [-0.05, 0) is 49.7 Å². The lowest BCUT2D eigenvalue weighted by molar-refractivity contribution is 0.184. The van der Waals surface area contributed by atoms with Gasteiger partial charge in [0.05, 0.1) is 0 Å². The van der Waals surface area contributed by atoms with Crippen molar-refractivity contribution in [1.82, 2.24) is 4.90 Å². The van der Waals surface area contributed by atoms with E-state index in [1.54, 1.807) is 11.3 Å². The molecule has 1 aromatic rings. The Kier molecular flexibility index (Phi) is 4.61. The molecule has 0 spiro atoms. The van der Waals surface area contributed by atoms with E-state index < -0.39 is 0 Å². The molecular formula is C11H18BrNS. The summed E-state index contributed by atoms with van der Waals surface area (Å²) in [5, 5.41) is 5.39. The summed E-state index contributed by atoms with van der Waals surface area (Å²) < 4.78 is 0. The summed E-state index contributed by atoms with van der Waals surface area (Å²) in [7, 11) is 2.19. The topological polar surface area (TPSA) is 3.24 Å². The van der Waals surface area contributed by atoms with E-state index in [0.717, 1.165) is 18.3 Å². The number of likely N-dealkylation sites (N-methyl/N-ethyl adjacent to an activating group) is 1. The van der Waals surface area contributed by atoms with Crippen molar-refractivity contribution >= 4 is 27.3 Å². The van der Waals surface area contributed by atoms with Crippen LogP contribution in [-0.2, 0) is 6.42 Å². The number of hydrogen-bond acceptors (Lipinski definition) is 2. The highest BCUT2D eigenvalue weighted by atomic mass is 79.9. The Hall–Kier alpha value is 0.140. The van der Waals surface area contributed by atoms with E-state index in [9.17, 15) is 0 Å². The fraction of sp³-hybridized carbons (Fsp3) is 0.636. The van der Waals surface area contributed by atoms with Gasteiger partial charge in [-0.15, -0.1) is 0 Å². The largest absolute Gasteiger partial charge is 0.300 e. The zero-order valence-corrected chi connectivity index (χ0v) is 11.5. The molecule has 0 amide bonds. The molecule has 0 aliphatic carbocycles. The molecule has 1 nitrogen and oxygen atoms in total. The van der Waals surface area contributed by atoms with Gasteiger partial charge < -0.3 is 4.90 Å². The molecule has 14 heavy (non-hydrogen) atoms. The molecule has 1 rings (SSSR count). The number of alkyl halides is 1. The second-order valence-corrected chi connectivity index (χ2v) is 5.59. The van der Waals surface area contributed by atoms with Gasteiger partial charge in [0, 0.05) is 17.4 Å². The summed E-state index contributed by atoms with van der Waals surface area (Å²) in [4.78, 5) is 2.40. The Morgan fingerprint density at radius 1 is 1.50 bits per heavy atom. The van der Waals surface area contributed by atoms with Crippen LogP contribution in [0.1, 0.15) is 19.4 Å². The Balaban J connectivity index is 2.38. The van der Waals surface area contributed by atoms with Crippen LogP contribution >= 0.6 is 27.3 Å². The molecule has 1 heterocycles. The summed E-state index contributed by atoms with van der Waals surface area (Å²) in [5.74, 6) is 0. The van der Waals surface area contributed by atoms with E-state index >= 15 is 0 Å². The third-order valence-corrected chi connectivity index (χ3v) is 4.78. The van der Waals surface area contributed by atoms with Crippen molar-refractivity contribution in [1.29, 1.82) is 0 Å². The summed E-state index contributed by atoms with van der Waals surface area (Å²) >= 11 is 5.33. The van der Waals surface area contributed by atoms with Crippen molar-refractivity contribution in [3.63, 3.8) is 0 Å². The van der Waals surface area contributed by atoms with Crippen LogP contribution in [0.3, 0.4) is 0 Å². The summed E-state index contributed by atoms with van der Waals surface area (Å²) in [6, 6.07) is 2.21. The fourth-order valence-corrected chi connectivity index (χ4v) is 2.27. The number of hydrogen-bond donors (Lipinski definition) is 0. The monoisotopic (exact) mass is 275 g/mol. The molecule has 1 aromatic heterocycles. The van der Waals surface area contributed by atoms with Gasteiger partial charge in [-0.3, -0.25) is 0 Å². The molecule has 0 unspecified atom stereocenters. The van der Waals surface area contributed by atoms with Crippen LogP contribution in [0.2, 0.25) is 0 Å². The molecule has 0 saturated carbocycles. The van der Waals surface area contributed by atoms with Crippen molar-refractivity contribution in [2.24, 2.45) is 0 Å². The van der Waals surface area contributed by atoms with Crippen molar-refractivity contribution in [3.05, 3.63) is 22.4 Å². The van der Waals surface area contributed by atoms with Gasteiger partial charge in [0.25, 0.3) is 0 Å². The van der Waals surface area contributed by atoms with Gasteiger partial charge in [-0.25, -0.2) is 0 Å². The zero-order chi connectivity index (χ0) is 10.6. The Labute approximate surface area is 99.3 Å². The van der Waals surface area contributed by atoms with E-state index in [1.165, 1.54) is 5.56 Å². The highest BCUT2D eigenvalue weighted by Crippen LogP contribution is 2.16. The molecule has 0 aliphatic heterocycles. The molecular weight excluding hydrogens is 258 g/mol. The number of rotatable bonds is 5. The highest BCUT2D eigenvalue weighted by molar-refractivity contribution is 9.09. The fourth-order valence-electron chi connectivity index (χ4n) is 1.14. The smallest absolute Gasteiger partial charge is 0.0247 e. The normalized spacial score (nSPS) is 12.4. The number of halogens is 1. The van der Waals surface area contributed by atoms with Gasteiger partial charge in [-0.2, -0.15) is 11.3 Å². The SMILES string of the molecule is CN(CCc1ccsc1)C(C)(C)CBr. The standard InChI is InChI=1S/C11H18BrNS/c1-11(2,9-12)13(3)6-4-10-5-7-14-8-10/h5,7-8H,4,6,9H2,1-3H3. The minimum absolute atomic E-state index is 0.246. The average Bonchev–Trinajstić information content (AvgIpc) is 2.66. The summed E-state index contributed by atoms with van der Waals surface area (Å²) in [6.45, 7) is 5.64. The van der Waals surface area contributed by atoms with Crippen LogP contribution in [0, 0.1) is 0 Å². The quantitative estimate of drug-likeness (QED) is 0.745. The number of thiophene rings is 1. The average molecular weight is 276 g/mol. The maximum absolute atomic E-state index is 3.55. The second-order valence-electron chi connectivity index (χ2n) is 4.25. The first kappa shape index (κ1) is 12.2. The van der Waals surface area contributed by atoms with Gasteiger partial charge >= 0.3 is 0 Å². The summed E-state index contributed by atoms with van der Waals surface area (Å²) in [5.41, 5.74) is 1.70. The molecule has 80 valence electrons. The van der Waals surface area contributed by atoms with Gasteiger partial charge in [0.1, 0.15) is 0 Å². The maximum Gasteiger partial charge on any atom is 0.0247 e. The van der Waals surface area contributed by atoms with Crippen molar-refractivity contribution in [3.8, 4) is 0 Å². The van der Waals surface area contributed by atoms with Crippen LogP contribution in [0.15, 0.2) is 16.8 Å². The Morgan fingerprint density at radius 2 is 2.21 bits per heavy atom. The molecule has 0 N–H and O–H groups in total. The number of nitrogens with zero attached hydrogens (tertiary/aromatic N) is 1. The zero-order valence-electron chi connectivity index (χ0n) is 9.09. The van der Waals surface area contributed by atoms with Crippen LogP contribution in [0.25, 0.3) is 0 Å². The van der Waals surface area contributed by atoms with E-state index in [0.29, 0.717) is 0 Å². The van der Waals surface area contributed by atoms with Gasteiger partial charge in [0.2, 0.25) is 0 Å². The van der Waals surface area contributed by atoms with Crippen molar-refractivity contribution < 1.29 is 0 Å². The molecule has 0 bridgehead atoms. The first-order chi connectivity index (χ1) is 6.56. The second kappa shape index (κ2) is 5.29. The molecule has 0 aliphatic rings. The third-order valence-electron chi connectivity index (χ3n) is 2.68. The minimum Gasteiger partial charge on any atom is -0.300 e. The first-order valence-corrected chi connectivity index (χ1v) is 6.91.